The molecule has 7 heteroatoms. The summed E-state index contributed by atoms with van der Waals surface area (Å²) in [6.07, 6.45) is 0. The van der Waals surface area contributed by atoms with Crippen molar-refractivity contribution in [3.63, 3.8) is 0 Å². The second kappa shape index (κ2) is 8.83. The number of hydrogen-bond donors (Lipinski definition) is 1. The maximum absolute atomic E-state index is 11.6. The molecule has 2 aromatic carbocycles. The minimum Gasteiger partial charge on any atom is -0.496 e. The van der Waals surface area contributed by atoms with E-state index >= 15 is 0 Å². The Balaban J connectivity index is 1.59. The monoisotopic (exact) mass is 408 g/mol. The second-order valence-corrected chi connectivity index (χ2v) is 7.33. The van der Waals surface area contributed by atoms with Crippen LogP contribution < -0.4 is 14.8 Å². The van der Waals surface area contributed by atoms with E-state index in [2.05, 4.69) is 10.2 Å². The first kappa shape index (κ1) is 19.8. The van der Waals surface area contributed by atoms with Crippen molar-refractivity contribution in [3.05, 3.63) is 57.6 Å². The van der Waals surface area contributed by atoms with Crippen LogP contribution in [0.1, 0.15) is 11.1 Å². The van der Waals surface area contributed by atoms with Gasteiger partial charge >= 0.3 is 0 Å². The smallest absolute Gasteiger partial charge is 0.225 e. The second-order valence-electron chi connectivity index (χ2n) is 6.52. The zero-order chi connectivity index (χ0) is 19.4. The number of benzene rings is 2. The van der Waals surface area contributed by atoms with Crippen LogP contribution in [-0.2, 0) is 17.9 Å². The lowest BCUT2D eigenvalue weighted by molar-refractivity contribution is -0.129. The number of nitrogens with zero attached hydrogens (tertiary/aromatic N) is 1. The fourth-order valence-corrected chi connectivity index (χ4v) is 3.37. The van der Waals surface area contributed by atoms with E-state index in [0.29, 0.717) is 22.4 Å². The van der Waals surface area contributed by atoms with Gasteiger partial charge in [-0.3, -0.25) is 9.69 Å². The summed E-state index contributed by atoms with van der Waals surface area (Å²) in [7, 11) is 3.32. The molecule has 1 amide bonds. The van der Waals surface area contributed by atoms with Crippen LogP contribution >= 0.6 is 23.2 Å². The maximum Gasteiger partial charge on any atom is 0.225 e. The summed E-state index contributed by atoms with van der Waals surface area (Å²) in [5, 5.41) is 3.73. The highest BCUT2D eigenvalue weighted by molar-refractivity contribution is 6.42. The number of carbonyl (C=O) groups is 1. The molecule has 1 heterocycles. The van der Waals surface area contributed by atoms with Crippen molar-refractivity contribution in [1.29, 1.82) is 0 Å². The number of methoxy groups -OCH3 is 1. The van der Waals surface area contributed by atoms with Crippen LogP contribution in [0.2, 0.25) is 10.0 Å². The van der Waals surface area contributed by atoms with Crippen LogP contribution in [0.4, 0.5) is 0 Å². The molecule has 1 aliphatic rings. The molecular formula is C20H22Cl2N2O3. The largest absolute Gasteiger partial charge is 0.496 e. The van der Waals surface area contributed by atoms with Gasteiger partial charge in [0.1, 0.15) is 18.1 Å². The minimum atomic E-state index is 0.0785. The van der Waals surface area contributed by atoms with Gasteiger partial charge in [0.05, 0.1) is 23.1 Å². The summed E-state index contributed by atoms with van der Waals surface area (Å²) >= 11 is 12.0. The van der Waals surface area contributed by atoms with E-state index < -0.39 is 0 Å². The average Bonchev–Trinajstić information content (AvgIpc) is 2.65. The maximum atomic E-state index is 11.6. The van der Waals surface area contributed by atoms with Gasteiger partial charge in [0.15, 0.2) is 0 Å². The SMILES string of the molecule is CNC(=O)C1CN(Cc2ccc(OCc3ccc(Cl)c(Cl)c3)cc2OC)C1. The molecule has 144 valence electrons. The van der Waals surface area contributed by atoms with E-state index in [1.165, 1.54) is 0 Å². The van der Waals surface area contributed by atoms with Crippen molar-refractivity contribution in [2.24, 2.45) is 5.92 Å². The Morgan fingerprint density at radius 3 is 2.63 bits per heavy atom. The van der Waals surface area contributed by atoms with E-state index in [9.17, 15) is 4.79 Å². The number of likely N-dealkylation sites (tertiary alicyclic amines) is 1. The van der Waals surface area contributed by atoms with Gasteiger partial charge in [-0.05, 0) is 23.8 Å². The summed E-state index contributed by atoms with van der Waals surface area (Å²) in [5.41, 5.74) is 2.00. The molecular weight excluding hydrogens is 387 g/mol. The Morgan fingerprint density at radius 2 is 1.96 bits per heavy atom. The molecule has 5 nitrogen and oxygen atoms in total. The van der Waals surface area contributed by atoms with Gasteiger partial charge in [0.2, 0.25) is 5.91 Å². The molecule has 1 N–H and O–H groups in total. The highest BCUT2D eigenvalue weighted by Crippen LogP contribution is 2.29. The highest BCUT2D eigenvalue weighted by atomic mass is 35.5. The van der Waals surface area contributed by atoms with E-state index in [1.807, 2.05) is 24.3 Å². The predicted molar refractivity (Wildman–Crippen MR) is 107 cm³/mol. The van der Waals surface area contributed by atoms with Gasteiger partial charge < -0.3 is 14.8 Å². The molecule has 0 bridgehead atoms. The van der Waals surface area contributed by atoms with Crippen LogP contribution in [0.5, 0.6) is 11.5 Å². The lowest BCUT2D eigenvalue weighted by Crippen LogP contribution is -2.52. The molecule has 1 fully saturated rings. The van der Waals surface area contributed by atoms with Gasteiger partial charge in [0.25, 0.3) is 0 Å². The molecule has 3 rings (SSSR count). The lowest BCUT2D eigenvalue weighted by atomic mass is 9.98. The Morgan fingerprint density at radius 1 is 1.19 bits per heavy atom. The summed E-state index contributed by atoms with van der Waals surface area (Å²) in [5.74, 6) is 1.66. The molecule has 0 aromatic heterocycles. The molecule has 0 atom stereocenters. The molecule has 0 aliphatic carbocycles. The van der Waals surface area contributed by atoms with Crippen molar-refractivity contribution in [1.82, 2.24) is 10.2 Å². The van der Waals surface area contributed by atoms with Crippen molar-refractivity contribution < 1.29 is 14.3 Å². The quantitative estimate of drug-likeness (QED) is 0.757. The number of amides is 1. The van der Waals surface area contributed by atoms with Gasteiger partial charge in [-0.1, -0.05) is 35.3 Å². The number of halogens is 2. The molecule has 0 saturated carbocycles. The third kappa shape index (κ3) is 4.86. The highest BCUT2D eigenvalue weighted by Gasteiger charge is 2.32. The molecule has 0 radical (unpaired) electrons. The van der Waals surface area contributed by atoms with Gasteiger partial charge in [0, 0.05) is 38.3 Å². The van der Waals surface area contributed by atoms with Crippen molar-refractivity contribution in [2.75, 3.05) is 27.2 Å². The van der Waals surface area contributed by atoms with Gasteiger partial charge in [-0.15, -0.1) is 0 Å². The van der Waals surface area contributed by atoms with Crippen LogP contribution in [-0.4, -0.2) is 38.1 Å². The first-order valence-electron chi connectivity index (χ1n) is 8.67. The van der Waals surface area contributed by atoms with Crippen molar-refractivity contribution in [3.8, 4) is 11.5 Å². The fraction of sp³-hybridized carbons (Fsp3) is 0.350. The summed E-state index contributed by atoms with van der Waals surface area (Å²) in [4.78, 5) is 13.8. The van der Waals surface area contributed by atoms with E-state index in [0.717, 1.165) is 36.5 Å². The van der Waals surface area contributed by atoms with Gasteiger partial charge in [-0.25, -0.2) is 0 Å². The number of nitrogens with one attached hydrogen (secondary N) is 1. The molecule has 1 saturated heterocycles. The van der Waals surface area contributed by atoms with Gasteiger partial charge in [-0.2, -0.15) is 0 Å². The van der Waals surface area contributed by atoms with Crippen LogP contribution in [0, 0.1) is 5.92 Å². The third-order valence-corrected chi connectivity index (χ3v) is 5.36. The lowest BCUT2D eigenvalue weighted by Gasteiger charge is -2.38. The number of carbonyl (C=O) groups excluding carboxylic acids is 1. The summed E-state index contributed by atoms with van der Waals surface area (Å²) < 4.78 is 11.4. The van der Waals surface area contributed by atoms with Crippen LogP contribution in [0.15, 0.2) is 36.4 Å². The standard InChI is InChI=1S/C20H22Cl2N2O3/c1-23-20(25)15-10-24(11-15)9-14-4-5-16(8-19(14)26-2)27-12-13-3-6-17(21)18(22)7-13/h3-8,15H,9-12H2,1-2H3,(H,23,25). The topological polar surface area (TPSA) is 50.8 Å². The summed E-state index contributed by atoms with van der Waals surface area (Å²) in [6.45, 7) is 2.65. The molecule has 0 unspecified atom stereocenters. The zero-order valence-electron chi connectivity index (χ0n) is 15.3. The first-order chi connectivity index (χ1) is 13.0. The normalized spacial score (nSPS) is 14.5. The van der Waals surface area contributed by atoms with Crippen molar-refractivity contribution >= 4 is 29.1 Å². The Hall–Kier alpha value is -1.95. The van der Waals surface area contributed by atoms with E-state index in [1.54, 1.807) is 26.3 Å². The molecule has 0 spiro atoms. The molecule has 2 aromatic rings. The number of ether oxygens (including phenoxy) is 2. The zero-order valence-corrected chi connectivity index (χ0v) is 16.8. The fourth-order valence-electron chi connectivity index (χ4n) is 3.05. The minimum absolute atomic E-state index is 0.0785. The summed E-state index contributed by atoms with van der Waals surface area (Å²) in [6, 6.07) is 11.2. The Bertz CT molecular complexity index is 823. The van der Waals surface area contributed by atoms with E-state index in [4.69, 9.17) is 32.7 Å². The third-order valence-electron chi connectivity index (χ3n) is 4.62. The Kier molecular flexibility index (Phi) is 6.47. The number of hydrogen-bond acceptors (Lipinski definition) is 4. The van der Waals surface area contributed by atoms with E-state index in [-0.39, 0.29) is 11.8 Å². The average molecular weight is 409 g/mol. The van der Waals surface area contributed by atoms with Crippen molar-refractivity contribution in [2.45, 2.75) is 13.2 Å². The predicted octanol–water partition coefficient (Wildman–Crippen LogP) is 3.76. The Labute approximate surface area is 169 Å². The first-order valence-corrected chi connectivity index (χ1v) is 9.43. The molecule has 27 heavy (non-hydrogen) atoms. The number of rotatable bonds is 7. The van der Waals surface area contributed by atoms with Crippen LogP contribution in [0.25, 0.3) is 0 Å². The van der Waals surface area contributed by atoms with Crippen LogP contribution in [0.3, 0.4) is 0 Å². The molecule has 1 aliphatic heterocycles.